The van der Waals surface area contributed by atoms with Crippen molar-refractivity contribution in [3.05, 3.63) is 65.2 Å². The van der Waals surface area contributed by atoms with Crippen molar-refractivity contribution in [1.82, 2.24) is 9.62 Å². The highest BCUT2D eigenvalue weighted by atomic mass is 32.2. The number of nitrogens with zero attached hydrogens (tertiary/aromatic N) is 1. The molecule has 0 amide bonds. The first-order chi connectivity index (χ1) is 12.9. The summed E-state index contributed by atoms with van der Waals surface area (Å²) in [7, 11) is -3.61. The van der Waals surface area contributed by atoms with Crippen molar-refractivity contribution in [2.75, 3.05) is 26.3 Å². The lowest BCUT2D eigenvalue weighted by Gasteiger charge is -2.38. The average Bonchev–Trinajstić information content (AvgIpc) is 2.65. The topological polar surface area (TPSA) is 58.6 Å². The van der Waals surface area contributed by atoms with E-state index in [-0.39, 0.29) is 12.1 Å². The van der Waals surface area contributed by atoms with Gasteiger partial charge < -0.3 is 4.74 Å². The van der Waals surface area contributed by atoms with Crippen LogP contribution < -0.4 is 4.72 Å². The number of sulfonamides is 1. The predicted octanol–water partition coefficient (Wildman–Crippen LogP) is 3.04. The summed E-state index contributed by atoms with van der Waals surface area (Å²) in [6, 6.07) is 15.3. The van der Waals surface area contributed by atoms with E-state index in [2.05, 4.69) is 21.8 Å². The molecule has 6 heteroatoms. The standard InChI is InChI=1S/C21H28N2O3S/c1-16-9-10-17(2)20(15-16)27(24,25)22-18(3)21(19-7-5-4-6-8-19)23-11-13-26-14-12-23/h4-10,15,18,21-22H,11-14H2,1-3H3/t18-,21+/m1/s1. The van der Waals surface area contributed by atoms with Crippen LogP contribution >= 0.6 is 0 Å². The molecular formula is C21H28N2O3S. The van der Waals surface area contributed by atoms with E-state index in [1.165, 1.54) is 0 Å². The Hall–Kier alpha value is -1.73. The summed E-state index contributed by atoms with van der Waals surface area (Å²) in [4.78, 5) is 2.65. The van der Waals surface area contributed by atoms with Gasteiger partial charge in [-0.2, -0.15) is 0 Å². The Balaban J connectivity index is 1.89. The SMILES string of the molecule is Cc1ccc(C)c(S(=O)(=O)N[C@H](C)[C@@H](c2ccccc2)N2CCOCC2)c1. The van der Waals surface area contributed by atoms with Crippen LogP contribution in [-0.4, -0.2) is 45.7 Å². The van der Waals surface area contributed by atoms with Crippen LogP contribution in [0.25, 0.3) is 0 Å². The lowest BCUT2D eigenvalue weighted by Crippen LogP contribution is -2.48. The molecule has 1 fully saturated rings. The summed E-state index contributed by atoms with van der Waals surface area (Å²) in [6.45, 7) is 8.58. The minimum Gasteiger partial charge on any atom is -0.379 e. The van der Waals surface area contributed by atoms with E-state index >= 15 is 0 Å². The minimum atomic E-state index is -3.61. The van der Waals surface area contributed by atoms with Crippen molar-refractivity contribution in [1.29, 1.82) is 0 Å². The van der Waals surface area contributed by atoms with Crippen molar-refractivity contribution in [3.63, 3.8) is 0 Å². The van der Waals surface area contributed by atoms with E-state index in [0.717, 1.165) is 29.8 Å². The molecule has 2 atom stereocenters. The molecule has 146 valence electrons. The summed E-state index contributed by atoms with van der Waals surface area (Å²) < 4.78 is 34.6. The molecule has 0 aliphatic carbocycles. The smallest absolute Gasteiger partial charge is 0.241 e. The molecule has 1 saturated heterocycles. The zero-order valence-electron chi connectivity index (χ0n) is 16.2. The number of morpholine rings is 1. The number of aryl methyl sites for hydroxylation is 2. The molecule has 0 spiro atoms. The molecule has 0 radical (unpaired) electrons. The van der Waals surface area contributed by atoms with Crippen molar-refractivity contribution >= 4 is 10.0 Å². The second-order valence-corrected chi connectivity index (χ2v) is 8.87. The molecule has 2 aromatic rings. The van der Waals surface area contributed by atoms with Gasteiger partial charge in [0, 0.05) is 19.1 Å². The predicted molar refractivity (Wildman–Crippen MR) is 107 cm³/mol. The van der Waals surface area contributed by atoms with Gasteiger partial charge in [0.1, 0.15) is 0 Å². The highest BCUT2D eigenvalue weighted by Crippen LogP contribution is 2.27. The van der Waals surface area contributed by atoms with Crippen LogP contribution in [0.2, 0.25) is 0 Å². The van der Waals surface area contributed by atoms with Gasteiger partial charge in [-0.25, -0.2) is 13.1 Å². The fourth-order valence-electron chi connectivity index (χ4n) is 3.69. The molecule has 0 bridgehead atoms. The molecule has 1 aliphatic heterocycles. The van der Waals surface area contributed by atoms with Gasteiger partial charge in [0.25, 0.3) is 0 Å². The maximum atomic E-state index is 13.1. The third-order valence-corrected chi connectivity index (χ3v) is 6.73. The molecular weight excluding hydrogens is 360 g/mol. The lowest BCUT2D eigenvalue weighted by molar-refractivity contribution is 0.0105. The van der Waals surface area contributed by atoms with E-state index in [0.29, 0.717) is 18.1 Å². The van der Waals surface area contributed by atoms with Gasteiger partial charge in [0.15, 0.2) is 0 Å². The molecule has 1 aliphatic rings. The van der Waals surface area contributed by atoms with Gasteiger partial charge in [-0.3, -0.25) is 4.90 Å². The third-order valence-electron chi connectivity index (χ3n) is 5.03. The van der Waals surface area contributed by atoms with Crippen LogP contribution in [0.4, 0.5) is 0 Å². The van der Waals surface area contributed by atoms with E-state index in [1.54, 1.807) is 6.07 Å². The van der Waals surface area contributed by atoms with Crippen molar-refractivity contribution in [2.24, 2.45) is 0 Å². The number of hydrogen-bond donors (Lipinski definition) is 1. The van der Waals surface area contributed by atoms with Gasteiger partial charge in [-0.1, -0.05) is 42.5 Å². The quantitative estimate of drug-likeness (QED) is 0.826. The monoisotopic (exact) mass is 388 g/mol. The van der Waals surface area contributed by atoms with E-state index < -0.39 is 10.0 Å². The number of rotatable bonds is 6. The molecule has 2 aromatic carbocycles. The molecule has 0 saturated carbocycles. The number of nitrogens with one attached hydrogen (secondary N) is 1. The molecule has 3 rings (SSSR count). The average molecular weight is 389 g/mol. The first-order valence-corrected chi connectivity index (χ1v) is 10.8. The lowest BCUT2D eigenvalue weighted by atomic mass is 9.99. The second-order valence-electron chi connectivity index (χ2n) is 7.18. The fraction of sp³-hybridized carbons (Fsp3) is 0.429. The Bertz CT molecular complexity index is 862. The van der Waals surface area contributed by atoms with Crippen molar-refractivity contribution < 1.29 is 13.2 Å². The third kappa shape index (κ3) is 4.76. The van der Waals surface area contributed by atoms with Gasteiger partial charge in [-0.15, -0.1) is 0 Å². The van der Waals surface area contributed by atoms with Crippen molar-refractivity contribution in [3.8, 4) is 0 Å². The van der Waals surface area contributed by atoms with Crippen LogP contribution in [0.1, 0.15) is 29.7 Å². The zero-order chi connectivity index (χ0) is 19.4. The van der Waals surface area contributed by atoms with Gasteiger partial charge in [-0.05, 0) is 43.5 Å². The van der Waals surface area contributed by atoms with Crippen LogP contribution in [-0.2, 0) is 14.8 Å². The fourth-order valence-corrected chi connectivity index (χ4v) is 5.27. The molecule has 0 aromatic heterocycles. The van der Waals surface area contributed by atoms with Crippen LogP contribution in [0.3, 0.4) is 0 Å². The van der Waals surface area contributed by atoms with E-state index in [1.807, 2.05) is 51.1 Å². The summed E-state index contributed by atoms with van der Waals surface area (Å²) >= 11 is 0. The van der Waals surface area contributed by atoms with Gasteiger partial charge in [0.2, 0.25) is 10.0 Å². The highest BCUT2D eigenvalue weighted by molar-refractivity contribution is 7.89. The summed E-state index contributed by atoms with van der Waals surface area (Å²) in [5, 5.41) is 0. The normalized spacial score (nSPS) is 18.2. The Morgan fingerprint density at radius 3 is 2.37 bits per heavy atom. The summed E-state index contributed by atoms with van der Waals surface area (Å²) in [5.41, 5.74) is 2.79. The first kappa shape index (κ1) is 20.0. The van der Waals surface area contributed by atoms with E-state index in [4.69, 9.17) is 4.74 Å². The number of ether oxygens (including phenoxy) is 1. The first-order valence-electron chi connectivity index (χ1n) is 9.35. The van der Waals surface area contributed by atoms with Crippen LogP contribution in [0, 0.1) is 13.8 Å². The molecule has 0 unspecified atom stereocenters. The maximum absolute atomic E-state index is 13.1. The Morgan fingerprint density at radius 2 is 1.70 bits per heavy atom. The summed E-state index contributed by atoms with van der Waals surface area (Å²) in [5.74, 6) is 0. The Labute approximate surface area is 162 Å². The van der Waals surface area contributed by atoms with Gasteiger partial charge >= 0.3 is 0 Å². The summed E-state index contributed by atoms with van der Waals surface area (Å²) in [6.07, 6.45) is 0. The van der Waals surface area contributed by atoms with Crippen molar-refractivity contribution in [2.45, 2.75) is 37.8 Å². The Kier molecular flexibility index (Phi) is 6.32. The molecule has 5 nitrogen and oxygen atoms in total. The second kappa shape index (κ2) is 8.52. The molecule has 1 heterocycles. The van der Waals surface area contributed by atoms with Crippen LogP contribution in [0.5, 0.6) is 0 Å². The highest BCUT2D eigenvalue weighted by Gasteiger charge is 2.31. The molecule has 1 N–H and O–H groups in total. The van der Waals surface area contributed by atoms with E-state index in [9.17, 15) is 8.42 Å². The van der Waals surface area contributed by atoms with Gasteiger partial charge in [0.05, 0.1) is 24.2 Å². The Morgan fingerprint density at radius 1 is 1.04 bits per heavy atom. The van der Waals surface area contributed by atoms with Crippen LogP contribution in [0.15, 0.2) is 53.4 Å². The molecule has 27 heavy (non-hydrogen) atoms. The zero-order valence-corrected chi connectivity index (χ0v) is 17.0. The maximum Gasteiger partial charge on any atom is 0.241 e. The largest absolute Gasteiger partial charge is 0.379 e. The number of hydrogen-bond acceptors (Lipinski definition) is 4. The number of benzene rings is 2. The minimum absolute atomic E-state index is 0.0463.